The first-order chi connectivity index (χ1) is 37.9. The van der Waals surface area contributed by atoms with Gasteiger partial charge in [-0.2, -0.15) is 31.6 Å². The van der Waals surface area contributed by atoms with Crippen LogP contribution in [0, 0.1) is 11.3 Å². The van der Waals surface area contributed by atoms with Gasteiger partial charge >= 0.3 is 12.4 Å². The summed E-state index contributed by atoms with van der Waals surface area (Å²) >= 11 is 0. The van der Waals surface area contributed by atoms with E-state index in [9.17, 15) is 31.6 Å². The number of nitrogens with zero attached hydrogens (tertiary/aromatic N) is 3. The van der Waals surface area contributed by atoms with E-state index in [1.807, 2.05) is 187 Å². The summed E-state index contributed by atoms with van der Waals surface area (Å²) < 4.78 is 93.8. The molecule has 11 aromatic carbocycles. The molecule has 2 heterocycles. The van der Waals surface area contributed by atoms with Gasteiger partial charge in [0.25, 0.3) is 0 Å². The zero-order valence-electron chi connectivity index (χ0n) is 41.3. The molecule has 0 spiro atoms. The largest absolute Gasteiger partial charge is 0.416 e. The van der Waals surface area contributed by atoms with Gasteiger partial charge in [0.2, 0.25) is 0 Å². The molecule has 2 aromatic heterocycles. The van der Waals surface area contributed by atoms with Crippen LogP contribution in [0.4, 0.5) is 26.3 Å². The van der Waals surface area contributed by atoms with Crippen molar-refractivity contribution < 1.29 is 26.3 Å². The van der Waals surface area contributed by atoms with Gasteiger partial charge < -0.3 is 9.13 Å². The Hall–Kier alpha value is -9.91. The number of benzene rings is 11. The maximum Gasteiger partial charge on any atom is 0.416 e. The lowest BCUT2D eigenvalue weighted by atomic mass is 9.87. The van der Waals surface area contributed by atoms with Crippen LogP contribution in [-0.2, 0) is 12.4 Å². The van der Waals surface area contributed by atoms with Crippen LogP contribution in [0.3, 0.4) is 0 Å². The molecular weight excluding hydrogens is 985 g/mol. The first-order valence-corrected chi connectivity index (χ1v) is 25.3. The van der Waals surface area contributed by atoms with Crippen molar-refractivity contribution in [3.05, 3.63) is 265 Å². The third-order valence-corrected chi connectivity index (χ3v) is 14.8. The summed E-state index contributed by atoms with van der Waals surface area (Å²) in [5, 5.41) is 14.9. The van der Waals surface area contributed by atoms with E-state index in [4.69, 9.17) is 0 Å². The standard InChI is InChI=1S/C69H41F6N3/c70-68(71,72)53-35-52(36-54(41-53)69(73,74)75)55-24-14-26-65(78-62-33-29-49(45-19-9-3-10-20-45)39-58(62)59-40-50(30-34-63(59)78)46-21-11-4-12-22-46)67(55)66-51(42-76)23-13-25-64(66)77-60-31-27-47(43-15-5-1-6-16-43)37-56(60)57-38-48(28-32-61(57)77)44-17-7-2-8-18-44/h1-41H. The van der Waals surface area contributed by atoms with Gasteiger partial charge in [0.1, 0.15) is 0 Å². The lowest BCUT2D eigenvalue weighted by Gasteiger charge is -2.23. The molecule has 0 saturated carbocycles. The number of alkyl halides is 6. The van der Waals surface area contributed by atoms with Gasteiger partial charge in [-0.25, -0.2) is 0 Å². The van der Waals surface area contributed by atoms with Crippen molar-refractivity contribution in [2.75, 3.05) is 0 Å². The predicted octanol–water partition coefficient (Wildman–Crippen LogP) is 19.8. The van der Waals surface area contributed by atoms with Crippen LogP contribution in [0.1, 0.15) is 16.7 Å². The summed E-state index contributed by atoms with van der Waals surface area (Å²) in [6.45, 7) is 0. The molecule has 78 heavy (non-hydrogen) atoms. The fourth-order valence-electron chi connectivity index (χ4n) is 11.2. The quantitative estimate of drug-likeness (QED) is 0.140. The number of fused-ring (bicyclic) bond motifs is 6. The first-order valence-electron chi connectivity index (χ1n) is 25.3. The second-order valence-electron chi connectivity index (χ2n) is 19.4. The number of hydrogen-bond acceptors (Lipinski definition) is 1. The van der Waals surface area contributed by atoms with Crippen molar-refractivity contribution in [3.63, 3.8) is 0 Å². The molecule has 0 bridgehead atoms. The average molecular weight is 1030 g/mol. The Balaban J connectivity index is 1.17. The van der Waals surface area contributed by atoms with Gasteiger partial charge in [-0.05, 0) is 141 Å². The molecule has 13 rings (SSSR count). The van der Waals surface area contributed by atoms with Crippen LogP contribution < -0.4 is 0 Å². The molecule has 0 fully saturated rings. The highest BCUT2D eigenvalue weighted by atomic mass is 19.4. The van der Waals surface area contributed by atoms with Gasteiger partial charge in [0.15, 0.2) is 0 Å². The van der Waals surface area contributed by atoms with Crippen LogP contribution >= 0.6 is 0 Å². The molecule has 13 aromatic rings. The SMILES string of the molecule is N#Cc1cccc(-n2c3ccc(-c4ccccc4)cc3c3cc(-c4ccccc4)ccc32)c1-c1c(-c2cc(C(F)(F)F)cc(C(F)(F)F)c2)cccc1-n1c2ccc(-c3ccccc3)cc2c2cc(-c3ccccc3)ccc21. The minimum atomic E-state index is -5.14. The van der Waals surface area contributed by atoms with E-state index in [2.05, 4.69) is 34.9 Å². The van der Waals surface area contributed by atoms with Crippen molar-refractivity contribution in [1.82, 2.24) is 9.13 Å². The maximum atomic E-state index is 15.0. The highest BCUT2D eigenvalue weighted by Gasteiger charge is 2.38. The van der Waals surface area contributed by atoms with Crippen molar-refractivity contribution in [3.8, 4) is 84.2 Å². The van der Waals surface area contributed by atoms with Gasteiger partial charge in [-0.15, -0.1) is 0 Å². The molecule has 0 aliphatic heterocycles. The summed E-state index contributed by atoms with van der Waals surface area (Å²) in [6.07, 6.45) is -10.3. The molecule has 374 valence electrons. The van der Waals surface area contributed by atoms with Crippen LogP contribution in [0.2, 0.25) is 0 Å². The molecule has 0 aliphatic rings. The molecule has 9 heteroatoms. The van der Waals surface area contributed by atoms with E-state index in [0.717, 1.165) is 100 Å². The number of aromatic nitrogens is 2. The van der Waals surface area contributed by atoms with Crippen molar-refractivity contribution in [2.24, 2.45) is 0 Å². The first kappa shape index (κ1) is 47.8. The van der Waals surface area contributed by atoms with E-state index in [1.165, 1.54) is 0 Å². The van der Waals surface area contributed by atoms with Crippen LogP contribution in [0.5, 0.6) is 0 Å². The number of hydrogen-bond donors (Lipinski definition) is 0. The Bertz CT molecular complexity index is 4280. The van der Waals surface area contributed by atoms with Crippen LogP contribution in [-0.4, -0.2) is 9.13 Å². The van der Waals surface area contributed by atoms with Gasteiger partial charge in [-0.1, -0.05) is 164 Å². The summed E-state index contributed by atoms with van der Waals surface area (Å²) in [7, 11) is 0. The summed E-state index contributed by atoms with van der Waals surface area (Å²) in [4.78, 5) is 0. The van der Waals surface area contributed by atoms with E-state index >= 15 is 0 Å². The molecule has 0 saturated heterocycles. The molecule has 0 unspecified atom stereocenters. The second kappa shape index (κ2) is 18.7. The number of nitriles is 1. The Morgan fingerprint density at radius 3 is 0.962 bits per heavy atom. The Labute approximate surface area is 444 Å². The minimum Gasteiger partial charge on any atom is -0.309 e. The maximum absolute atomic E-state index is 15.0. The van der Waals surface area contributed by atoms with E-state index < -0.39 is 23.5 Å². The number of rotatable bonds is 8. The molecule has 0 amide bonds. The molecule has 0 N–H and O–H groups in total. The van der Waals surface area contributed by atoms with Crippen molar-refractivity contribution in [2.45, 2.75) is 12.4 Å². The highest BCUT2D eigenvalue weighted by molar-refractivity contribution is 6.15. The van der Waals surface area contributed by atoms with Crippen LogP contribution in [0.25, 0.3) is 122 Å². The highest BCUT2D eigenvalue weighted by Crippen LogP contribution is 2.49. The predicted molar refractivity (Wildman–Crippen MR) is 302 cm³/mol. The Kier molecular flexibility index (Phi) is 11.5. The third-order valence-electron chi connectivity index (χ3n) is 14.8. The summed E-state index contributed by atoms with van der Waals surface area (Å²) in [6, 6.07) is 79.0. The Morgan fingerprint density at radius 2 is 0.628 bits per heavy atom. The van der Waals surface area contributed by atoms with Gasteiger partial charge in [0.05, 0.1) is 56.2 Å². The normalized spacial score (nSPS) is 12.0. The summed E-state index contributed by atoms with van der Waals surface area (Å²) in [5.41, 5.74) is 9.24. The molecule has 0 atom stereocenters. The third kappa shape index (κ3) is 8.26. The van der Waals surface area contributed by atoms with E-state index in [1.54, 1.807) is 24.3 Å². The zero-order chi connectivity index (χ0) is 53.3. The van der Waals surface area contributed by atoms with E-state index in [-0.39, 0.29) is 28.3 Å². The molecule has 0 radical (unpaired) electrons. The topological polar surface area (TPSA) is 33.6 Å². The zero-order valence-corrected chi connectivity index (χ0v) is 41.3. The molecule has 0 aliphatic carbocycles. The van der Waals surface area contributed by atoms with Gasteiger partial charge in [-0.3, -0.25) is 0 Å². The average Bonchev–Trinajstić information content (AvgIpc) is 4.18. The number of halogens is 6. The van der Waals surface area contributed by atoms with Crippen LogP contribution in [0.15, 0.2) is 249 Å². The van der Waals surface area contributed by atoms with Crippen molar-refractivity contribution >= 4 is 43.6 Å². The van der Waals surface area contributed by atoms with Gasteiger partial charge in [0, 0.05) is 32.7 Å². The smallest absolute Gasteiger partial charge is 0.309 e. The second-order valence-corrected chi connectivity index (χ2v) is 19.4. The molecular formula is C69H41F6N3. The lowest BCUT2D eigenvalue weighted by molar-refractivity contribution is -0.143. The minimum absolute atomic E-state index is 0.0587. The fourth-order valence-corrected chi connectivity index (χ4v) is 11.2. The monoisotopic (exact) mass is 1030 g/mol. The molecule has 3 nitrogen and oxygen atoms in total. The summed E-state index contributed by atoms with van der Waals surface area (Å²) in [5.74, 6) is 0. The fraction of sp³-hybridized carbons (Fsp3) is 0.0290. The lowest BCUT2D eigenvalue weighted by Crippen LogP contribution is -2.11. The Morgan fingerprint density at radius 1 is 0.295 bits per heavy atom. The van der Waals surface area contributed by atoms with Crippen molar-refractivity contribution in [1.29, 1.82) is 5.26 Å². The van der Waals surface area contributed by atoms with E-state index in [0.29, 0.717) is 16.9 Å².